The summed E-state index contributed by atoms with van der Waals surface area (Å²) < 4.78 is 1.39. The predicted molar refractivity (Wildman–Crippen MR) is 77.9 cm³/mol. The van der Waals surface area contributed by atoms with Crippen LogP contribution >= 0.6 is 34.7 Å². The lowest BCUT2D eigenvalue weighted by Gasteiger charge is -2.05. The van der Waals surface area contributed by atoms with Crippen LogP contribution in [-0.2, 0) is 5.75 Å². The second-order valence-corrected chi connectivity index (χ2v) is 6.28. The van der Waals surface area contributed by atoms with Gasteiger partial charge in [-0.25, -0.2) is 0 Å². The summed E-state index contributed by atoms with van der Waals surface area (Å²) in [7, 11) is 0. The molecule has 16 heavy (non-hydrogen) atoms. The molecule has 3 heteroatoms. The number of hydrogen-bond acceptors (Lipinski definition) is 2. The summed E-state index contributed by atoms with van der Waals surface area (Å²) in [5.74, 6) is 3.62. The summed E-state index contributed by atoms with van der Waals surface area (Å²) in [6, 6.07) is 8.62. The fourth-order valence-electron chi connectivity index (χ4n) is 1.56. The van der Waals surface area contributed by atoms with Crippen LogP contribution in [0.1, 0.15) is 12.5 Å². The van der Waals surface area contributed by atoms with Crippen molar-refractivity contribution in [2.75, 3.05) is 11.6 Å². The van der Waals surface area contributed by atoms with E-state index >= 15 is 0 Å². The molecule has 86 valence electrons. The number of rotatable bonds is 5. The van der Waals surface area contributed by atoms with Crippen molar-refractivity contribution in [3.8, 4) is 0 Å². The molecule has 0 nitrogen and oxygen atoms in total. The second-order valence-electron chi connectivity index (χ2n) is 4.03. The lowest BCUT2D eigenvalue weighted by atomic mass is 10.2. The van der Waals surface area contributed by atoms with Gasteiger partial charge in [-0.05, 0) is 34.1 Å². The maximum atomic E-state index is 5.80. The molecule has 0 N–H and O–H groups in total. The van der Waals surface area contributed by atoms with E-state index in [4.69, 9.17) is 11.6 Å². The first-order valence-corrected chi connectivity index (χ1v) is 7.97. The summed E-state index contributed by atoms with van der Waals surface area (Å²) in [5.41, 5.74) is 1.47. The quantitative estimate of drug-likeness (QED) is 0.688. The summed E-state index contributed by atoms with van der Waals surface area (Å²) in [5, 5.41) is 3.70. The molecule has 0 bridgehead atoms. The van der Waals surface area contributed by atoms with Gasteiger partial charge in [-0.3, -0.25) is 0 Å². The van der Waals surface area contributed by atoms with Crippen molar-refractivity contribution < 1.29 is 0 Å². The molecule has 0 aliphatic heterocycles. The van der Waals surface area contributed by atoms with Crippen molar-refractivity contribution in [1.29, 1.82) is 0 Å². The summed E-state index contributed by atoms with van der Waals surface area (Å²) in [6.07, 6.45) is 0. The largest absolute Gasteiger partial charge is 0.157 e. The molecule has 1 unspecified atom stereocenters. The highest BCUT2D eigenvalue weighted by molar-refractivity contribution is 7.98. The molecule has 2 aromatic rings. The zero-order valence-electron chi connectivity index (χ0n) is 9.28. The maximum absolute atomic E-state index is 5.80. The third kappa shape index (κ3) is 2.93. The van der Waals surface area contributed by atoms with Crippen LogP contribution in [-0.4, -0.2) is 11.6 Å². The first-order chi connectivity index (χ1) is 7.81. The molecule has 0 saturated carbocycles. The van der Waals surface area contributed by atoms with Crippen molar-refractivity contribution in [2.24, 2.45) is 5.92 Å². The number of thioether (sulfide) groups is 1. The van der Waals surface area contributed by atoms with Crippen molar-refractivity contribution in [3.63, 3.8) is 0 Å². The summed E-state index contributed by atoms with van der Waals surface area (Å²) in [6.45, 7) is 2.20. The van der Waals surface area contributed by atoms with Gasteiger partial charge >= 0.3 is 0 Å². The molecule has 0 fully saturated rings. The first-order valence-electron chi connectivity index (χ1n) is 5.40. The van der Waals surface area contributed by atoms with E-state index in [1.165, 1.54) is 15.6 Å². The Balaban J connectivity index is 1.99. The Morgan fingerprint density at radius 1 is 1.38 bits per heavy atom. The van der Waals surface area contributed by atoms with E-state index in [-0.39, 0.29) is 0 Å². The van der Waals surface area contributed by atoms with Crippen LogP contribution in [0.5, 0.6) is 0 Å². The van der Waals surface area contributed by atoms with E-state index in [0.29, 0.717) is 5.92 Å². The van der Waals surface area contributed by atoms with Crippen molar-refractivity contribution >= 4 is 44.8 Å². The van der Waals surface area contributed by atoms with Gasteiger partial charge in [-0.15, -0.1) is 22.9 Å². The molecule has 1 aromatic heterocycles. The second kappa shape index (κ2) is 5.95. The zero-order chi connectivity index (χ0) is 11.4. The molecule has 0 saturated heterocycles. The van der Waals surface area contributed by atoms with E-state index < -0.39 is 0 Å². The molecule has 1 atom stereocenters. The lowest BCUT2D eigenvalue weighted by Crippen LogP contribution is -1.99. The van der Waals surface area contributed by atoms with Crippen molar-refractivity contribution in [2.45, 2.75) is 12.7 Å². The fourth-order valence-corrected chi connectivity index (χ4v) is 3.96. The van der Waals surface area contributed by atoms with Crippen LogP contribution in [0.25, 0.3) is 10.1 Å². The summed E-state index contributed by atoms with van der Waals surface area (Å²) >= 11 is 9.62. The predicted octanol–water partition coefficient (Wildman–Crippen LogP) is 5.01. The standard InChI is InChI=1S/C13H15ClS2/c1-10(6-14)7-15-8-11-9-16-13-5-3-2-4-12(11)13/h2-5,9-10H,6-8H2,1H3. The van der Waals surface area contributed by atoms with Gasteiger partial charge in [0.15, 0.2) is 0 Å². The lowest BCUT2D eigenvalue weighted by molar-refractivity contribution is 0.759. The van der Waals surface area contributed by atoms with Crippen molar-refractivity contribution in [1.82, 2.24) is 0 Å². The van der Waals surface area contributed by atoms with Crippen LogP contribution in [0, 0.1) is 5.92 Å². The van der Waals surface area contributed by atoms with Crippen LogP contribution in [0.2, 0.25) is 0 Å². The van der Waals surface area contributed by atoms with Gasteiger partial charge in [0, 0.05) is 16.3 Å². The highest BCUT2D eigenvalue weighted by Gasteiger charge is 2.05. The molecule has 0 spiro atoms. The number of benzene rings is 1. The molecular formula is C13H15ClS2. The van der Waals surface area contributed by atoms with Crippen LogP contribution in [0.3, 0.4) is 0 Å². The van der Waals surface area contributed by atoms with Crippen LogP contribution in [0.15, 0.2) is 29.6 Å². The third-order valence-electron chi connectivity index (χ3n) is 2.48. The highest BCUT2D eigenvalue weighted by atomic mass is 35.5. The first kappa shape index (κ1) is 12.3. The third-order valence-corrected chi connectivity index (χ3v) is 5.34. The Bertz CT molecular complexity index is 450. The number of fused-ring (bicyclic) bond motifs is 1. The van der Waals surface area contributed by atoms with Gasteiger partial charge in [0.25, 0.3) is 0 Å². The fraction of sp³-hybridized carbons (Fsp3) is 0.385. The average Bonchev–Trinajstić information content (AvgIpc) is 2.73. The SMILES string of the molecule is CC(CCl)CSCc1csc2ccccc12. The molecule has 1 heterocycles. The Hall–Kier alpha value is -0.180. The Kier molecular flexibility index (Phi) is 4.56. The van der Waals surface area contributed by atoms with Crippen molar-refractivity contribution in [3.05, 3.63) is 35.2 Å². The maximum Gasteiger partial charge on any atom is 0.0345 e. The Labute approximate surface area is 110 Å². The monoisotopic (exact) mass is 270 g/mol. The molecular weight excluding hydrogens is 256 g/mol. The topological polar surface area (TPSA) is 0 Å². The number of halogens is 1. The Morgan fingerprint density at radius 2 is 2.19 bits per heavy atom. The van der Waals surface area contributed by atoms with Gasteiger partial charge < -0.3 is 0 Å². The van der Waals surface area contributed by atoms with Crippen LogP contribution < -0.4 is 0 Å². The number of hydrogen-bond donors (Lipinski definition) is 0. The molecule has 1 aromatic carbocycles. The van der Waals surface area contributed by atoms with Gasteiger partial charge in [0.05, 0.1) is 0 Å². The Morgan fingerprint density at radius 3 is 3.00 bits per heavy atom. The minimum absolute atomic E-state index is 0.608. The zero-order valence-corrected chi connectivity index (χ0v) is 11.7. The van der Waals surface area contributed by atoms with E-state index in [0.717, 1.165) is 17.4 Å². The van der Waals surface area contributed by atoms with Gasteiger partial charge in [-0.1, -0.05) is 25.1 Å². The molecule has 0 aliphatic carbocycles. The molecule has 0 amide bonds. The van der Waals surface area contributed by atoms with Gasteiger partial charge in [0.1, 0.15) is 0 Å². The summed E-state index contributed by atoms with van der Waals surface area (Å²) in [4.78, 5) is 0. The number of alkyl halides is 1. The van der Waals surface area contributed by atoms with Gasteiger partial charge in [-0.2, -0.15) is 11.8 Å². The molecule has 0 radical (unpaired) electrons. The molecule has 0 aliphatic rings. The van der Waals surface area contributed by atoms with E-state index in [9.17, 15) is 0 Å². The normalized spacial score (nSPS) is 13.1. The highest BCUT2D eigenvalue weighted by Crippen LogP contribution is 2.29. The molecule has 2 rings (SSSR count). The van der Waals surface area contributed by atoms with E-state index in [1.54, 1.807) is 0 Å². The number of thiophene rings is 1. The van der Waals surface area contributed by atoms with Gasteiger partial charge in [0.2, 0.25) is 0 Å². The minimum atomic E-state index is 0.608. The van der Waals surface area contributed by atoms with Crippen LogP contribution in [0.4, 0.5) is 0 Å². The van der Waals surface area contributed by atoms with E-state index in [1.807, 2.05) is 23.1 Å². The minimum Gasteiger partial charge on any atom is -0.157 e. The smallest absolute Gasteiger partial charge is 0.0345 e. The average molecular weight is 271 g/mol. The van der Waals surface area contributed by atoms with E-state index in [2.05, 4.69) is 36.6 Å².